The molecule has 1 N–H and O–H groups in total. The molecule has 140 valence electrons. The first-order chi connectivity index (χ1) is 12.4. The van der Waals surface area contributed by atoms with E-state index in [9.17, 15) is 4.79 Å². The van der Waals surface area contributed by atoms with E-state index in [0.717, 1.165) is 11.3 Å². The van der Waals surface area contributed by atoms with Crippen LogP contribution in [0.15, 0.2) is 42.5 Å². The van der Waals surface area contributed by atoms with Gasteiger partial charge in [-0.25, -0.2) is 0 Å². The summed E-state index contributed by atoms with van der Waals surface area (Å²) in [4.78, 5) is 12.2. The standard InChI is InChI=1S/C22H29NO3/c1-15(2)20-8-6-7-9-21(20)25-13-12-23-22(24)18(5)26-19-11-10-16(3)17(4)14-19/h6-11,14-15,18H,12-13H2,1-5H3,(H,23,24)/t18-/m0/s1. The van der Waals surface area contributed by atoms with Crippen LogP contribution in [0.4, 0.5) is 0 Å². The Bertz CT molecular complexity index is 740. The molecule has 2 aromatic rings. The number of carbonyl (C=O) groups is 1. The summed E-state index contributed by atoms with van der Waals surface area (Å²) in [5.41, 5.74) is 3.52. The van der Waals surface area contributed by atoms with E-state index in [4.69, 9.17) is 9.47 Å². The molecule has 0 aliphatic carbocycles. The van der Waals surface area contributed by atoms with E-state index in [1.165, 1.54) is 11.1 Å². The van der Waals surface area contributed by atoms with Gasteiger partial charge < -0.3 is 14.8 Å². The average Bonchev–Trinajstić information content (AvgIpc) is 2.61. The van der Waals surface area contributed by atoms with Gasteiger partial charge in [0.2, 0.25) is 0 Å². The van der Waals surface area contributed by atoms with Gasteiger partial charge in [-0.3, -0.25) is 4.79 Å². The molecule has 26 heavy (non-hydrogen) atoms. The summed E-state index contributed by atoms with van der Waals surface area (Å²) in [6.07, 6.45) is -0.556. The van der Waals surface area contributed by atoms with E-state index in [1.807, 2.05) is 50.2 Å². The lowest BCUT2D eigenvalue weighted by Crippen LogP contribution is -2.38. The number of para-hydroxylation sites is 1. The van der Waals surface area contributed by atoms with Crippen LogP contribution in [0.25, 0.3) is 0 Å². The van der Waals surface area contributed by atoms with Gasteiger partial charge in [0, 0.05) is 0 Å². The third-order valence-electron chi connectivity index (χ3n) is 4.36. The summed E-state index contributed by atoms with van der Waals surface area (Å²) < 4.78 is 11.5. The topological polar surface area (TPSA) is 47.6 Å². The van der Waals surface area contributed by atoms with E-state index in [-0.39, 0.29) is 5.91 Å². The first-order valence-electron chi connectivity index (χ1n) is 9.12. The Morgan fingerprint density at radius 2 is 1.77 bits per heavy atom. The number of rotatable bonds is 8. The van der Waals surface area contributed by atoms with Crippen LogP contribution in [0.5, 0.6) is 11.5 Å². The fourth-order valence-corrected chi connectivity index (χ4v) is 2.61. The molecule has 4 nitrogen and oxygen atoms in total. The smallest absolute Gasteiger partial charge is 0.260 e. The minimum Gasteiger partial charge on any atom is -0.491 e. The SMILES string of the molecule is Cc1ccc(O[C@@H](C)C(=O)NCCOc2ccccc2C(C)C)cc1C. The van der Waals surface area contributed by atoms with Crippen LogP contribution in [0, 0.1) is 13.8 Å². The van der Waals surface area contributed by atoms with E-state index < -0.39 is 6.10 Å². The van der Waals surface area contributed by atoms with Gasteiger partial charge in [-0.05, 0) is 61.6 Å². The molecular weight excluding hydrogens is 326 g/mol. The maximum absolute atomic E-state index is 12.2. The number of aryl methyl sites for hydroxylation is 2. The fraction of sp³-hybridized carbons (Fsp3) is 0.409. The maximum Gasteiger partial charge on any atom is 0.260 e. The highest BCUT2D eigenvalue weighted by atomic mass is 16.5. The molecule has 1 amide bonds. The Balaban J connectivity index is 1.78. The van der Waals surface area contributed by atoms with Gasteiger partial charge in [-0.2, -0.15) is 0 Å². The number of ether oxygens (including phenoxy) is 2. The lowest BCUT2D eigenvalue weighted by atomic mass is 10.0. The van der Waals surface area contributed by atoms with E-state index in [0.29, 0.717) is 24.8 Å². The zero-order valence-corrected chi connectivity index (χ0v) is 16.3. The Labute approximate surface area is 156 Å². The third kappa shape index (κ3) is 5.51. The molecular formula is C22H29NO3. The van der Waals surface area contributed by atoms with Crippen LogP contribution in [0.1, 0.15) is 43.4 Å². The Hall–Kier alpha value is -2.49. The number of benzene rings is 2. The zero-order chi connectivity index (χ0) is 19.1. The molecule has 0 aromatic heterocycles. The normalized spacial score (nSPS) is 11.9. The molecule has 0 unspecified atom stereocenters. The highest BCUT2D eigenvalue weighted by Gasteiger charge is 2.14. The van der Waals surface area contributed by atoms with Crippen LogP contribution < -0.4 is 14.8 Å². The van der Waals surface area contributed by atoms with Crippen molar-refractivity contribution in [2.24, 2.45) is 0 Å². The molecule has 2 aromatic carbocycles. The lowest BCUT2D eigenvalue weighted by molar-refractivity contribution is -0.127. The highest BCUT2D eigenvalue weighted by Crippen LogP contribution is 2.25. The van der Waals surface area contributed by atoms with Crippen LogP contribution in [-0.2, 0) is 4.79 Å². The van der Waals surface area contributed by atoms with Crippen molar-refractivity contribution in [3.63, 3.8) is 0 Å². The number of hydrogen-bond donors (Lipinski definition) is 1. The van der Waals surface area contributed by atoms with Crippen LogP contribution in [-0.4, -0.2) is 25.2 Å². The highest BCUT2D eigenvalue weighted by molar-refractivity contribution is 5.80. The van der Waals surface area contributed by atoms with Crippen molar-refractivity contribution in [3.8, 4) is 11.5 Å². The van der Waals surface area contributed by atoms with Gasteiger partial charge >= 0.3 is 0 Å². The van der Waals surface area contributed by atoms with Crippen LogP contribution in [0.3, 0.4) is 0 Å². The second-order valence-corrected chi connectivity index (χ2v) is 6.84. The molecule has 0 heterocycles. The first kappa shape index (κ1) is 19.8. The molecule has 0 saturated carbocycles. The van der Waals surface area contributed by atoms with Gasteiger partial charge in [0.15, 0.2) is 6.10 Å². The van der Waals surface area contributed by atoms with Gasteiger partial charge in [0.25, 0.3) is 5.91 Å². The van der Waals surface area contributed by atoms with Crippen molar-refractivity contribution in [3.05, 3.63) is 59.2 Å². The van der Waals surface area contributed by atoms with Crippen molar-refractivity contribution >= 4 is 5.91 Å². The van der Waals surface area contributed by atoms with Crippen molar-refractivity contribution in [2.45, 2.75) is 46.6 Å². The lowest BCUT2D eigenvalue weighted by Gasteiger charge is -2.17. The third-order valence-corrected chi connectivity index (χ3v) is 4.36. The quantitative estimate of drug-likeness (QED) is 0.715. The molecule has 0 aliphatic heterocycles. The Kier molecular flexibility index (Phi) is 7.07. The van der Waals surface area contributed by atoms with Gasteiger partial charge in [0.05, 0.1) is 6.54 Å². The van der Waals surface area contributed by atoms with Gasteiger partial charge in [-0.1, -0.05) is 38.1 Å². The van der Waals surface area contributed by atoms with Crippen LogP contribution >= 0.6 is 0 Å². The molecule has 1 atom stereocenters. The summed E-state index contributed by atoms with van der Waals surface area (Å²) in [6, 6.07) is 13.8. The van der Waals surface area contributed by atoms with Gasteiger partial charge in [-0.15, -0.1) is 0 Å². The summed E-state index contributed by atoms with van der Waals surface area (Å²) in [5, 5.41) is 2.86. The average molecular weight is 355 g/mol. The Morgan fingerprint density at radius 3 is 2.46 bits per heavy atom. The van der Waals surface area contributed by atoms with Crippen molar-refractivity contribution in [1.82, 2.24) is 5.32 Å². The van der Waals surface area contributed by atoms with Crippen molar-refractivity contribution in [2.75, 3.05) is 13.2 Å². The largest absolute Gasteiger partial charge is 0.491 e. The Morgan fingerprint density at radius 1 is 1.04 bits per heavy atom. The van der Waals surface area contributed by atoms with E-state index in [2.05, 4.69) is 25.2 Å². The van der Waals surface area contributed by atoms with E-state index in [1.54, 1.807) is 6.92 Å². The molecule has 2 rings (SSSR count). The summed E-state index contributed by atoms with van der Waals surface area (Å²) >= 11 is 0. The second-order valence-electron chi connectivity index (χ2n) is 6.84. The summed E-state index contributed by atoms with van der Waals surface area (Å²) in [7, 11) is 0. The molecule has 0 saturated heterocycles. The summed E-state index contributed by atoms with van der Waals surface area (Å²) in [6.45, 7) is 11.0. The van der Waals surface area contributed by atoms with Gasteiger partial charge in [0.1, 0.15) is 18.1 Å². The molecule has 0 aliphatic rings. The summed E-state index contributed by atoms with van der Waals surface area (Å²) in [5.74, 6) is 1.82. The minimum atomic E-state index is -0.556. The number of amides is 1. The van der Waals surface area contributed by atoms with Crippen LogP contribution in [0.2, 0.25) is 0 Å². The number of hydrogen-bond acceptors (Lipinski definition) is 3. The first-order valence-corrected chi connectivity index (χ1v) is 9.12. The fourth-order valence-electron chi connectivity index (χ4n) is 2.61. The second kappa shape index (κ2) is 9.27. The van der Waals surface area contributed by atoms with Crippen molar-refractivity contribution in [1.29, 1.82) is 0 Å². The number of nitrogens with one attached hydrogen (secondary N) is 1. The number of carbonyl (C=O) groups excluding carboxylic acids is 1. The molecule has 4 heteroatoms. The predicted octanol–water partition coefficient (Wildman–Crippen LogP) is 4.39. The molecule has 0 bridgehead atoms. The molecule has 0 radical (unpaired) electrons. The zero-order valence-electron chi connectivity index (χ0n) is 16.3. The predicted molar refractivity (Wildman–Crippen MR) is 105 cm³/mol. The monoisotopic (exact) mass is 355 g/mol. The molecule has 0 fully saturated rings. The minimum absolute atomic E-state index is 0.149. The van der Waals surface area contributed by atoms with E-state index >= 15 is 0 Å². The van der Waals surface area contributed by atoms with Crippen molar-refractivity contribution < 1.29 is 14.3 Å². The maximum atomic E-state index is 12.2. The molecule has 0 spiro atoms.